The number of halogens is 1. The fourth-order valence-electron chi connectivity index (χ4n) is 2.65. The monoisotopic (exact) mass is 267 g/mol. The smallest absolute Gasteiger partial charge is 0.250 e. The van der Waals surface area contributed by atoms with Gasteiger partial charge in [-0.05, 0) is 31.4 Å². The number of nitrogen functional groups attached to an aromatic ring is 1. The van der Waals surface area contributed by atoms with E-state index in [0.29, 0.717) is 22.3 Å². The van der Waals surface area contributed by atoms with Crippen LogP contribution >= 0.6 is 11.6 Å². The van der Waals surface area contributed by atoms with Crippen LogP contribution in [0.3, 0.4) is 0 Å². The number of carbonyl (C=O) groups excluding carboxylic acids is 1. The zero-order valence-electron chi connectivity index (χ0n) is 10.4. The first-order valence-electron chi connectivity index (χ1n) is 6.20. The zero-order valence-corrected chi connectivity index (χ0v) is 11.2. The lowest BCUT2D eigenvalue weighted by molar-refractivity contribution is 0.100. The molecule has 0 saturated carbocycles. The van der Waals surface area contributed by atoms with Gasteiger partial charge in [0.2, 0.25) is 0 Å². The lowest BCUT2D eigenvalue weighted by Gasteiger charge is -2.28. The molecule has 0 radical (unpaired) electrons. The van der Waals surface area contributed by atoms with Gasteiger partial charge in [-0.2, -0.15) is 0 Å². The molecule has 98 valence electrons. The average molecular weight is 268 g/mol. The molecule has 0 bridgehead atoms. The summed E-state index contributed by atoms with van der Waals surface area (Å²) in [4.78, 5) is 13.7. The van der Waals surface area contributed by atoms with Crippen molar-refractivity contribution in [3.05, 3.63) is 22.7 Å². The number of anilines is 2. The maximum absolute atomic E-state index is 11.6. The number of hydrogen-bond acceptors (Lipinski definition) is 3. The number of benzene rings is 1. The lowest BCUT2D eigenvalue weighted by Crippen LogP contribution is -2.31. The second-order valence-corrected chi connectivity index (χ2v) is 5.07. The van der Waals surface area contributed by atoms with Crippen LogP contribution in [-0.4, -0.2) is 18.5 Å². The molecule has 0 spiro atoms. The van der Waals surface area contributed by atoms with E-state index in [4.69, 9.17) is 23.1 Å². The molecule has 1 heterocycles. The molecule has 1 amide bonds. The molecule has 1 saturated heterocycles. The van der Waals surface area contributed by atoms with E-state index in [1.54, 1.807) is 12.1 Å². The second kappa shape index (κ2) is 5.06. The predicted octanol–water partition coefficient (Wildman–Crippen LogP) is 2.40. The summed E-state index contributed by atoms with van der Waals surface area (Å²) < 4.78 is 0. The molecule has 1 aliphatic rings. The second-order valence-electron chi connectivity index (χ2n) is 4.66. The van der Waals surface area contributed by atoms with Crippen molar-refractivity contribution < 1.29 is 4.79 Å². The molecule has 0 aliphatic carbocycles. The highest BCUT2D eigenvalue weighted by atomic mass is 35.5. The molecule has 2 rings (SSSR count). The molecule has 1 fully saturated rings. The van der Waals surface area contributed by atoms with Gasteiger partial charge in [0.1, 0.15) is 0 Å². The Balaban J connectivity index is 2.52. The van der Waals surface area contributed by atoms with Crippen molar-refractivity contribution in [2.75, 3.05) is 17.2 Å². The predicted molar refractivity (Wildman–Crippen MR) is 75.0 cm³/mol. The summed E-state index contributed by atoms with van der Waals surface area (Å²) in [5.41, 5.74) is 12.8. The van der Waals surface area contributed by atoms with Gasteiger partial charge in [0.15, 0.2) is 0 Å². The SMILES string of the molecule is CCC1CCCN1c1c(Cl)cc(N)cc1C(N)=O. The molecule has 1 aliphatic heterocycles. The number of hydrogen-bond donors (Lipinski definition) is 2. The van der Waals surface area contributed by atoms with Gasteiger partial charge in [0.05, 0.1) is 16.3 Å². The molecule has 1 unspecified atom stereocenters. The number of rotatable bonds is 3. The van der Waals surface area contributed by atoms with Crippen LogP contribution in [0.15, 0.2) is 12.1 Å². The Bertz CT molecular complexity index is 476. The van der Waals surface area contributed by atoms with Crippen LogP contribution in [-0.2, 0) is 0 Å². The first kappa shape index (κ1) is 13.0. The van der Waals surface area contributed by atoms with Crippen molar-refractivity contribution in [3.63, 3.8) is 0 Å². The highest BCUT2D eigenvalue weighted by Crippen LogP contribution is 2.37. The quantitative estimate of drug-likeness (QED) is 0.826. The minimum absolute atomic E-state index is 0.417. The minimum Gasteiger partial charge on any atom is -0.399 e. The van der Waals surface area contributed by atoms with Gasteiger partial charge in [-0.1, -0.05) is 18.5 Å². The fraction of sp³-hybridized carbons (Fsp3) is 0.462. The minimum atomic E-state index is -0.485. The van der Waals surface area contributed by atoms with Crippen molar-refractivity contribution in [1.29, 1.82) is 0 Å². The van der Waals surface area contributed by atoms with E-state index in [9.17, 15) is 4.79 Å². The lowest BCUT2D eigenvalue weighted by atomic mass is 10.1. The van der Waals surface area contributed by atoms with Crippen LogP contribution in [0.25, 0.3) is 0 Å². The number of nitrogens with two attached hydrogens (primary N) is 2. The van der Waals surface area contributed by atoms with Crippen molar-refractivity contribution in [2.45, 2.75) is 32.2 Å². The van der Waals surface area contributed by atoms with Crippen molar-refractivity contribution in [2.24, 2.45) is 5.73 Å². The molecule has 1 atom stereocenters. The number of carbonyl (C=O) groups is 1. The molecular formula is C13H18ClN3O. The van der Waals surface area contributed by atoms with E-state index >= 15 is 0 Å². The Morgan fingerprint density at radius 1 is 1.56 bits per heavy atom. The normalized spacial score (nSPS) is 19.2. The van der Waals surface area contributed by atoms with Gasteiger partial charge >= 0.3 is 0 Å². The van der Waals surface area contributed by atoms with Gasteiger partial charge in [-0.15, -0.1) is 0 Å². The first-order valence-corrected chi connectivity index (χ1v) is 6.57. The number of primary amides is 1. The summed E-state index contributed by atoms with van der Waals surface area (Å²) in [6, 6.07) is 3.70. The molecular weight excluding hydrogens is 250 g/mol. The van der Waals surface area contributed by atoms with E-state index in [1.807, 2.05) is 0 Å². The Hall–Kier alpha value is -1.42. The van der Waals surface area contributed by atoms with Crippen LogP contribution in [0.2, 0.25) is 5.02 Å². The van der Waals surface area contributed by atoms with Crippen LogP contribution < -0.4 is 16.4 Å². The van der Waals surface area contributed by atoms with Gasteiger partial charge in [0, 0.05) is 18.3 Å². The maximum Gasteiger partial charge on any atom is 0.250 e. The van der Waals surface area contributed by atoms with Gasteiger partial charge < -0.3 is 16.4 Å². The topological polar surface area (TPSA) is 72.3 Å². The third-order valence-electron chi connectivity index (χ3n) is 3.49. The van der Waals surface area contributed by atoms with Crippen molar-refractivity contribution >= 4 is 28.9 Å². The molecule has 4 nitrogen and oxygen atoms in total. The summed E-state index contributed by atoms with van der Waals surface area (Å²) in [5, 5.41) is 0.504. The summed E-state index contributed by atoms with van der Waals surface area (Å²) in [5.74, 6) is -0.485. The van der Waals surface area contributed by atoms with E-state index in [1.165, 1.54) is 0 Å². The number of amides is 1. The maximum atomic E-state index is 11.6. The molecule has 18 heavy (non-hydrogen) atoms. The third-order valence-corrected chi connectivity index (χ3v) is 3.77. The molecule has 0 aromatic heterocycles. The summed E-state index contributed by atoms with van der Waals surface area (Å²) in [7, 11) is 0. The van der Waals surface area contributed by atoms with Crippen molar-refractivity contribution in [1.82, 2.24) is 0 Å². The Kier molecular flexibility index (Phi) is 3.66. The molecule has 5 heteroatoms. The van der Waals surface area contributed by atoms with Crippen LogP contribution in [0.4, 0.5) is 11.4 Å². The third kappa shape index (κ3) is 2.25. The van der Waals surface area contributed by atoms with Crippen LogP contribution in [0.5, 0.6) is 0 Å². The summed E-state index contributed by atoms with van der Waals surface area (Å²) in [6.45, 7) is 3.04. The zero-order chi connectivity index (χ0) is 13.3. The first-order chi connectivity index (χ1) is 8.54. The Morgan fingerprint density at radius 2 is 2.28 bits per heavy atom. The largest absolute Gasteiger partial charge is 0.399 e. The highest BCUT2D eigenvalue weighted by molar-refractivity contribution is 6.34. The average Bonchev–Trinajstić information content (AvgIpc) is 2.75. The Labute approximate surface area is 112 Å². The number of nitrogens with zero attached hydrogens (tertiary/aromatic N) is 1. The van der Waals surface area contributed by atoms with E-state index < -0.39 is 5.91 Å². The van der Waals surface area contributed by atoms with E-state index in [2.05, 4.69) is 11.8 Å². The van der Waals surface area contributed by atoms with E-state index in [-0.39, 0.29) is 0 Å². The van der Waals surface area contributed by atoms with Crippen LogP contribution in [0.1, 0.15) is 36.5 Å². The Morgan fingerprint density at radius 3 is 2.89 bits per heavy atom. The van der Waals surface area contributed by atoms with Crippen LogP contribution in [0, 0.1) is 0 Å². The standard InChI is InChI=1S/C13H18ClN3O/c1-2-9-4-3-5-17(9)12-10(13(16)18)6-8(15)7-11(12)14/h6-7,9H,2-5,15H2,1H3,(H2,16,18). The van der Waals surface area contributed by atoms with Gasteiger partial charge in [-0.3, -0.25) is 4.79 Å². The molecule has 1 aromatic rings. The van der Waals surface area contributed by atoms with Gasteiger partial charge in [-0.25, -0.2) is 0 Å². The van der Waals surface area contributed by atoms with E-state index in [0.717, 1.165) is 31.5 Å². The summed E-state index contributed by atoms with van der Waals surface area (Å²) in [6.07, 6.45) is 3.26. The fourth-order valence-corrected chi connectivity index (χ4v) is 2.99. The summed E-state index contributed by atoms with van der Waals surface area (Å²) >= 11 is 6.25. The molecule has 4 N–H and O–H groups in total. The highest BCUT2D eigenvalue weighted by Gasteiger charge is 2.28. The molecule has 1 aromatic carbocycles. The van der Waals surface area contributed by atoms with Crippen molar-refractivity contribution in [3.8, 4) is 0 Å². The van der Waals surface area contributed by atoms with Gasteiger partial charge in [0.25, 0.3) is 5.91 Å².